The number of rotatable bonds is 5. The maximum absolute atomic E-state index is 13.6. The molecule has 0 atom stereocenters. The molecule has 1 fully saturated rings. The largest absolute Gasteiger partial charge is 0.454 e. The molecule has 0 amide bonds. The Labute approximate surface area is 183 Å². The first-order chi connectivity index (χ1) is 15.2. The van der Waals surface area contributed by atoms with Gasteiger partial charge in [0.1, 0.15) is 5.78 Å². The van der Waals surface area contributed by atoms with Crippen molar-refractivity contribution in [2.24, 2.45) is 0 Å². The van der Waals surface area contributed by atoms with Crippen molar-refractivity contribution < 1.29 is 27.4 Å². The van der Waals surface area contributed by atoms with Gasteiger partial charge in [-0.3, -0.25) is 4.79 Å². The summed E-state index contributed by atoms with van der Waals surface area (Å²) in [4.78, 5) is 13.3. The van der Waals surface area contributed by atoms with Crippen molar-refractivity contribution in [2.75, 3.05) is 6.79 Å². The Hall–Kier alpha value is -3.28. The van der Waals surface area contributed by atoms with Crippen LogP contribution in [0.25, 0.3) is 11.1 Å². The molecule has 164 valence electrons. The van der Waals surface area contributed by atoms with E-state index in [0.717, 1.165) is 23.3 Å². The maximum atomic E-state index is 13.6. The molecule has 0 unspecified atom stereocenters. The average Bonchev–Trinajstić information content (AvgIpc) is 3.44. The highest BCUT2D eigenvalue weighted by atomic mass is 19.4. The Bertz CT molecular complexity index is 1190. The summed E-state index contributed by atoms with van der Waals surface area (Å²) in [7, 11) is 0. The van der Waals surface area contributed by atoms with E-state index < -0.39 is 17.2 Å². The predicted molar refractivity (Wildman–Crippen MR) is 114 cm³/mol. The van der Waals surface area contributed by atoms with Crippen LogP contribution in [0.2, 0.25) is 0 Å². The number of aryl methyl sites for hydroxylation is 1. The van der Waals surface area contributed by atoms with Gasteiger partial charge in [-0.25, -0.2) is 0 Å². The molecule has 32 heavy (non-hydrogen) atoms. The molecule has 0 bridgehead atoms. The number of Topliss-reactive ketones (excluding diaryl/α,β-unsaturated/α-hetero) is 1. The Kier molecular flexibility index (Phi) is 4.77. The number of carbonyl (C=O) groups excluding carboxylic acids is 1. The van der Waals surface area contributed by atoms with Gasteiger partial charge in [0.15, 0.2) is 11.5 Å². The number of carbonyl (C=O) groups is 1. The molecule has 5 rings (SSSR count). The van der Waals surface area contributed by atoms with Gasteiger partial charge in [0.05, 0.1) is 11.0 Å². The van der Waals surface area contributed by atoms with Crippen molar-refractivity contribution in [2.45, 2.75) is 37.8 Å². The van der Waals surface area contributed by atoms with Crippen LogP contribution in [-0.2, 0) is 22.8 Å². The van der Waals surface area contributed by atoms with Gasteiger partial charge >= 0.3 is 6.18 Å². The molecule has 0 radical (unpaired) electrons. The molecule has 3 aromatic rings. The molecule has 6 heteroatoms. The van der Waals surface area contributed by atoms with E-state index in [1.54, 1.807) is 24.3 Å². The summed E-state index contributed by atoms with van der Waals surface area (Å²) in [6, 6.07) is 16.7. The first kappa shape index (κ1) is 20.6. The van der Waals surface area contributed by atoms with E-state index in [9.17, 15) is 18.0 Å². The van der Waals surface area contributed by atoms with Crippen LogP contribution in [0.4, 0.5) is 13.2 Å². The van der Waals surface area contributed by atoms with E-state index in [2.05, 4.69) is 0 Å². The number of ketones is 1. The molecule has 2 aliphatic rings. The summed E-state index contributed by atoms with van der Waals surface area (Å²) in [6.45, 7) is 2.07. The summed E-state index contributed by atoms with van der Waals surface area (Å²) >= 11 is 0. The van der Waals surface area contributed by atoms with Gasteiger partial charge in [0.2, 0.25) is 6.79 Å². The fourth-order valence-electron chi connectivity index (χ4n) is 4.27. The van der Waals surface area contributed by atoms with E-state index in [1.165, 1.54) is 0 Å². The van der Waals surface area contributed by atoms with Crippen LogP contribution in [0.3, 0.4) is 0 Å². The second kappa shape index (κ2) is 7.40. The highest BCUT2D eigenvalue weighted by Crippen LogP contribution is 2.51. The third-order valence-electron chi connectivity index (χ3n) is 6.28. The number of hydrogen-bond acceptors (Lipinski definition) is 3. The Morgan fingerprint density at radius 2 is 1.62 bits per heavy atom. The summed E-state index contributed by atoms with van der Waals surface area (Å²) in [6.07, 6.45) is -3.20. The first-order valence-electron chi connectivity index (χ1n) is 10.5. The standard InChI is InChI=1S/C26H21F3O3/c1-16-2-4-18(5-3-16)19-10-17(11-21(13-19)26(27,28)29)12-24(30)25(8-9-25)20-6-7-22-23(14-20)32-15-31-22/h2-7,10-11,13-14H,8-9,12,15H2,1H3. The third kappa shape index (κ3) is 3.74. The van der Waals surface area contributed by atoms with Crippen molar-refractivity contribution in [3.63, 3.8) is 0 Å². The van der Waals surface area contributed by atoms with E-state index in [4.69, 9.17) is 9.47 Å². The zero-order valence-corrected chi connectivity index (χ0v) is 17.5. The van der Waals surface area contributed by atoms with Crippen LogP contribution in [0.15, 0.2) is 60.7 Å². The lowest BCUT2D eigenvalue weighted by Crippen LogP contribution is -2.22. The number of alkyl halides is 3. The summed E-state index contributed by atoms with van der Waals surface area (Å²) in [5, 5.41) is 0. The molecular weight excluding hydrogens is 417 g/mol. The molecule has 0 N–H and O–H groups in total. The highest BCUT2D eigenvalue weighted by molar-refractivity contribution is 5.95. The number of fused-ring (bicyclic) bond motifs is 1. The molecule has 1 saturated carbocycles. The molecule has 1 aliphatic heterocycles. The summed E-state index contributed by atoms with van der Waals surface area (Å²) < 4.78 is 51.5. The zero-order chi connectivity index (χ0) is 22.5. The van der Waals surface area contributed by atoms with Crippen LogP contribution in [0.1, 0.15) is 35.1 Å². The van der Waals surface area contributed by atoms with Crippen LogP contribution in [0.5, 0.6) is 11.5 Å². The fourth-order valence-corrected chi connectivity index (χ4v) is 4.27. The second-order valence-electron chi connectivity index (χ2n) is 8.53. The van der Waals surface area contributed by atoms with Crippen LogP contribution in [0, 0.1) is 6.92 Å². The second-order valence-corrected chi connectivity index (χ2v) is 8.53. The molecule has 3 aromatic carbocycles. The fraction of sp³-hybridized carbons (Fsp3) is 0.269. The lowest BCUT2D eigenvalue weighted by Gasteiger charge is -2.17. The van der Waals surface area contributed by atoms with Crippen molar-refractivity contribution in [3.05, 3.63) is 82.9 Å². The van der Waals surface area contributed by atoms with Crippen LogP contribution >= 0.6 is 0 Å². The van der Waals surface area contributed by atoms with E-state index in [-0.39, 0.29) is 19.0 Å². The third-order valence-corrected chi connectivity index (χ3v) is 6.28. The lowest BCUT2D eigenvalue weighted by molar-refractivity contribution is -0.137. The number of ether oxygens (including phenoxy) is 2. The van der Waals surface area contributed by atoms with E-state index in [0.29, 0.717) is 41.0 Å². The zero-order valence-electron chi connectivity index (χ0n) is 17.5. The number of hydrogen-bond donors (Lipinski definition) is 0. The average molecular weight is 438 g/mol. The highest BCUT2D eigenvalue weighted by Gasteiger charge is 2.51. The van der Waals surface area contributed by atoms with Gasteiger partial charge in [0.25, 0.3) is 0 Å². The molecule has 0 spiro atoms. The molecule has 3 nitrogen and oxygen atoms in total. The van der Waals surface area contributed by atoms with Gasteiger partial charge in [-0.1, -0.05) is 42.0 Å². The normalized spacial score (nSPS) is 16.1. The van der Waals surface area contributed by atoms with Gasteiger partial charge in [-0.2, -0.15) is 13.2 Å². The van der Waals surface area contributed by atoms with Gasteiger partial charge in [-0.15, -0.1) is 0 Å². The molecule has 0 aromatic heterocycles. The van der Waals surface area contributed by atoms with Crippen molar-refractivity contribution in [1.29, 1.82) is 0 Å². The molecule has 1 aliphatic carbocycles. The Morgan fingerprint density at radius 3 is 2.31 bits per heavy atom. The molecule has 1 heterocycles. The van der Waals surface area contributed by atoms with Crippen molar-refractivity contribution >= 4 is 5.78 Å². The maximum Gasteiger partial charge on any atom is 0.416 e. The van der Waals surface area contributed by atoms with Crippen LogP contribution in [-0.4, -0.2) is 12.6 Å². The predicted octanol–water partition coefficient (Wildman–Crippen LogP) is 6.25. The Morgan fingerprint density at radius 1 is 0.906 bits per heavy atom. The minimum Gasteiger partial charge on any atom is -0.454 e. The minimum atomic E-state index is -4.49. The van der Waals surface area contributed by atoms with E-state index >= 15 is 0 Å². The SMILES string of the molecule is Cc1ccc(-c2cc(CC(=O)C3(c4ccc5c(c4)OCO5)CC3)cc(C(F)(F)F)c2)cc1. The summed E-state index contributed by atoms with van der Waals surface area (Å²) in [5.41, 5.74) is 1.95. The Balaban J connectivity index is 1.47. The van der Waals surface area contributed by atoms with Gasteiger partial charge in [-0.05, 0) is 66.3 Å². The minimum absolute atomic E-state index is 0.0583. The van der Waals surface area contributed by atoms with Crippen LogP contribution < -0.4 is 9.47 Å². The number of halogens is 3. The smallest absolute Gasteiger partial charge is 0.416 e. The van der Waals surface area contributed by atoms with Crippen molar-refractivity contribution in [1.82, 2.24) is 0 Å². The number of benzene rings is 3. The topological polar surface area (TPSA) is 35.5 Å². The quantitative estimate of drug-likeness (QED) is 0.472. The molecular formula is C26H21F3O3. The van der Waals surface area contributed by atoms with Gasteiger partial charge in [0, 0.05) is 6.42 Å². The van der Waals surface area contributed by atoms with Crippen molar-refractivity contribution in [3.8, 4) is 22.6 Å². The molecule has 0 saturated heterocycles. The lowest BCUT2D eigenvalue weighted by atomic mass is 9.86. The monoisotopic (exact) mass is 438 g/mol. The van der Waals surface area contributed by atoms with E-state index in [1.807, 2.05) is 31.2 Å². The van der Waals surface area contributed by atoms with Gasteiger partial charge < -0.3 is 9.47 Å². The first-order valence-corrected chi connectivity index (χ1v) is 10.5. The summed E-state index contributed by atoms with van der Waals surface area (Å²) in [5.74, 6) is 1.16.